The summed E-state index contributed by atoms with van der Waals surface area (Å²) in [5.74, 6) is 0. The lowest BCUT2D eigenvalue weighted by atomic mass is 9.75. The average molecular weight is 158 g/mol. The first-order chi connectivity index (χ1) is 4.70. The topological polar surface area (TPSA) is 40.5 Å². The lowest BCUT2D eigenvalue weighted by Gasteiger charge is -2.08. The van der Waals surface area contributed by atoms with Crippen molar-refractivity contribution in [3.05, 3.63) is 22.7 Å². The Labute approximate surface area is 65.0 Å². The van der Waals surface area contributed by atoms with Gasteiger partial charge in [0.2, 0.25) is 0 Å². The van der Waals surface area contributed by atoms with Gasteiger partial charge < -0.3 is 10.0 Å². The number of halogens is 1. The molecule has 0 aromatic rings. The number of hydrogen-bond acceptors (Lipinski definition) is 2. The van der Waals surface area contributed by atoms with Gasteiger partial charge in [0, 0.05) is 5.03 Å². The van der Waals surface area contributed by atoms with Crippen LogP contribution in [0.5, 0.6) is 0 Å². The van der Waals surface area contributed by atoms with Gasteiger partial charge in [0.05, 0.1) is 0 Å². The SMILES string of the molecule is OB(O)C1=CC(Cl)=CCC1. The molecule has 0 unspecified atom stereocenters. The van der Waals surface area contributed by atoms with E-state index in [1.807, 2.05) is 6.08 Å². The van der Waals surface area contributed by atoms with Crippen LogP contribution in [0.3, 0.4) is 0 Å². The van der Waals surface area contributed by atoms with E-state index < -0.39 is 7.12 Å². The second-order valence-electron chi connectivity index (χ2n) is 2.22. The Hall–Kier alpha value is -0.245. The highest BCUT2D eigenvalue weighted by molar-refractivity contribution is 6.51. The molecule has 54 valence electrons. The highest BCUT2D eigenvalue weighted by atomic mass is 35.5. The number of allylic oxidation sites excluding steroid dienone is 4. The van der Waals surface area contributed by atoms with E-state index in [0.717, 1.165) is 6.42 Å². The van der Waals surface area contributed by atoms with Crippen LogP contribution in [-0.2, 0) is 0 Å². The van der Waals surface area contributed by atoms with Gasteiger partial charge in [0.15, 0.2) is 0 Å². The van der Waals surface area contributed by atoms with Gasteiger partial charge in [0.1, 0.15) is 0 Å². The van der Waals surface area contributed by atoms with Gasteiger partial charge in [-0.25, -0.2) is 0 Å². The lowest BCUT2D eigenvalue weighted by molar-refractivity contribution is 0.416. The fraction of sp³-hybridized carbons (Fsp3) is 0.333. The molecular weight excluding hydrogens is 150 g/mol. The summed E-state index contributed by atoms with van der Waals surface area (Å²) in [5, 5.41) is 18.0. The quantitative estimate of drug-likeness (QED) is 0.555. The lowest BCUT2D eigenvalue weighted by Crippen LogP contribution is -2.16. The highest BCUT2D eigenvalue weighted by Crippen LogP contribution is 2.19. The molecule has 10 heavy (non-hydrogen) atoms. The molecule has 0 aliphatic heterocycles. The number of rotatable bonds is 1. The van der Waals surface area contributed by atoms with Crippen molar-refractivity contribution in [3.8, 4) is 0 Å². The van der Waals surface area contributed by atoms with Crippen molar-refractivity contribution in [3.63, 3.8) is 0 Å². The maximum absolute atomic E-state index is 8.70. The summed E-state index contributed by atoms with van der Waals surface area (Å²) in [6.07, 6.45) is 4.93. The van der Waals surface area contributed by atoms with Crippen molar-refractivity contribution < 1.29 is 10.0 Å². The van der Waals surface area contributed by atoms with Crippen LogP contribution < -0.4 is 0 Å². The molecule has 0 aromatic carbocycles. The second kappa shape index (κ2) is 3.24. The van der Waals surface area contributed by atoms with Gasteiger partial charge in [-0.05, 0) is 24.4 Å². The summed E-state index contributed by atoms with van der Waals surface area (Å²) >= 11 is 5.62. The molecule has 2 N–H and O–H groups in total. The van der Waals surface area contributed by atoms with Crippen molar-refractivity contribution in [2.24, 2.45) is 0 Å². The summed E-state index contributed by atoms with van der Waals surface area (Å²) in [7, 11) is -1.34. The third kappa shape index (κ3) is 1.87. The van der Waals surface area contributed by atoms with Crippen LogP contribution in [0.4, 0.5) is 0 Å². The Bertz CT molecular complexity index is 186. The molecule has 1 aliphatic rings. The molecule has 1 aliphatic carbocycles. The van der Waals surface area contributed by atoms with Crippen LogP contribution in [0.2, 0.25) is 0 Å². The minimum absolute atomic E-state index is 0.590. The largest absolute Gasteiger partial charge is 0.484 e. The summed E-state index contributed by atoms with van der Waals surface area (Å²) in [6, 6.07) is 0. The first kappa shape index (κ1) is 7.86. The maximum atomic E-state index is 8.70. The Morgan fingerprint density at radius 3 is 2.60 bits per heavy atom. The average Bonchev–Trinajstić information content (AvgIpc) is 1.88. The van der Waals surface area contributed by atoms with Gasteiger partial charge in [0.25, 0.3) is 0 Å². The molecule has 0 spiro atoms. The molecule has 0 atom stereocenters. The van der Waals surface area contributed by atoms with E-state index in [1.165, 1.54) is 0 Å². The Morgan fingerprint density at radius 1 is 1.50 bits per heavy atom. The van der Waals surface area contributed by atoms with E-state index in [0.29, 0.717) is 16.9 Å². The first-order valence-corrected chi connectivity index (χ1v) is 3.50. The van der Waals surface area contributed by atoms with Crippen LogP contribution in [-0.4, -0.2) is 17.2 Å². The fourth-order valence-electron chi connectivity index (χ4n) is 0.889. The van der Waals surface area contributed by atoms with Crippen LogP contribution in [0, 0.1) is 0 Å². The van der Waals surface area contributed by atoms with E-state index in [9.17, 15) is 0 Å². The molecule has 2 nitrogen and oxygen atoms in total. The van der Waals surface area contributed by atoms with Crippen LogP contribution >= 0.6 is 11.6 Å². The molecule has 1 rings (SSSR count). The predicted molar refractivity (Wildman–Crippen MR) is 41.4 cm³/mol. The van der Waals surface area contributed by atoms with E-state index >= 15 is 0 Å². The van der Waals surface area contributed by atoms with Gasteiger partial charge in [-0.15, -0.1) is 0 Å². The van der Waals surface area contributed by atoms with Crippen LogP contribution in [0.25, 0.3) is 0 Å². The molecule has 0 saturated carbocycles. The monoisotopic (exact) mass is 158 g/mol. The predicted octanol–water partition coefficient (Wildman–Crippen LogP) is 0.841. The normalized spacial score (nSPS) is 17.9. The minimum Gasteiger partial charge on any atom is -0.423 e. The van der Waals surface area contributed by atoms with E-state index in [4.69, 9.17) is 21.6 Å². The van der Waals surface area contributed by atoms with Crippen molar-refractivity contribution in [2.45, 2.75) is 12.8 Å². The zero-order valence-corrected chi connectivity index (χ0v) is 6.17. The Balaban J connectivity index is 2.69. The van der Waals surface area contributed by atoms with Gasteiger partial charge in [-0.1, -0.05) is 17.7 Å². The Morgan fingerprint density at radius 2 is 2.20 bits per heavy atom. The van der Waals surface area contributed by atoms with Crippen LogP contribution in [0.15, 0.2) is 22.7 Å². The minimum atomic E-state index is -1.34. The Kier molecular flexibility index (Phi) is 2.54. The molecule has 4 heteroatoms. The van der Waals surface area contributed by atoms with E-state index in [-0.39, 0.29) is 0 Å². The highest BCUT2D eigenvalue weighted by Gasteiger charge is 2.15. The molecule has 0 saturated heterocycles. The summed E-state index contributed by atoms with van der Waals surface area (Å²) < 4.78 is 0. The zero-order chi connectivity index (χ0) is 7.56. The molecule has 0 fully saturated rings. The van der Waals surface area contributed by atoms with Crippen molar-refractivity contribution in [1.82, 2.24) is 0 Å². The maximum Gasteiger partial charge on any atom is 0.484 e. The number of hydrogen-bond donors (Lipinski definition) is 2. The molecule has 0 aromatic heterocycles. The second-order valence-corrected chi connectivity index (χ2v) is 2.66. The zero-order valence-electron chi connectivity index (χ0n) is 5.42. The van der Waals surface area contributed by atoms with E-state index in [2.05, 4.69) is 0 Å². The standard InChI is InChI=1S/C6H8BClO2/c8-6-3-1-2-5(4-6)7(9)10/h3-4,9-10H,1-2H2. The van der Waals surface area contributed by atoms with Gasteiger partial charge >= 0.3 is 7.12 Å². The fourth-order valence-corrected chi connectivity index (χ4v) is 1.14. The molecule has 0 radical (unpaired) electrons. The molecule has 0 bridgehead atoms. The summed E-state index contributed by atoms with van der Waals surface area (Å²) in [4.78, 5) is 0. The molecular formula is C6H8BClO2. The van der Waals surface area contributed by atoms with E-state index in [1.54, 1.807) is 6.08 Å². The van der Waals surface area contributed by atoms with Crippen molar-refractivity contribution in [1.29, 1.82) is 0 Å². The molecule has 0 heterocycles. The third-order valence-electron chi connectivity index (χ3n) is 1.43. The van der Waals surface area contributed by atoms with Crippen molar-refractivity contribution >= 4 is 18.7 Å². The van der Waals surface area contributed by atoms with Gasteiger partial charge in [-0.3, -0.25) is 0 Å². The third-order valence-corrected chi connectivity index (χ3v) is 1.69. The summed E-state index contributed by atoms with van der Waals surface area (Å²) in [5.41, 5.74) is 0.590. The first-order valence-electron chi connectivity index (χ1n) is 3.12. The van der Waals surface area contributed by atoms with Crippen LogP contribution in [0.1, 0.15) is 12.8 Å². The molecule has 0 amide bonds. The summed E-state index contributed by atoms with van der Waals surface area (Å²) in [6.45, 7) is 0. The van der Waals surface area contributed by atoms with Gasteiger partial charge in [-0.2, -0.15) is 0 Å². The van der Waals surface area contributed by atoms with Crippen molar-refractivity contribution in [2.75, 3.05) is 0 Å². The smallest absolute Gasteiger partial charge is 0.423 e.